The van der Waals surface area contributed by atoms with Gasteiger partial charge in [0.1, 0.15) is 85.5 Å². The number of carbonyl (C=O) groups is 1. The molecule has 4 heterocycles. The van der Waals surface area contributed by atoms with Crippen LogP contribution < -0.4 is 0 Å². The molecule has 0 radical (unpaired) electrons. The van der Waals surface area contributed by atoms with Crippen LogP contribution in [-0.2, 0) is 53.8 Å². The summed E-state index contributed by atoms with van der Waals surface area (Å²) in [5.74, 6) is -3.05. The number of aliphatic hydroxyl groups is 11. The van der Waals surface area contributed by atoms with Crippen LogP contribution in [0.15, 0.2) is 42.5 Å². The molecule has 0 amide bonds. The number of hydrogen-bond acceptors (Lipinski definition) is 25. The van der Waals surface area contributed by atoms with E-state index < -0.39 is 172 Å². The van der Waals surface area contributed by atoms with Gasteiger partial charge in [0.15, 0.2) is 54.3 Å². The highest BCUT2D eigenvalue weighted by atomic mass is 16.8. The van der Waals surface area contributed by atoms with E-state index in [9.17, 15) is 81.4 Å². The molecule has 15 N–H and O–H groups in total. The molecule has 19 atom stereocenters. The molecule has 4 aliphatic heterocycles. The zero-order valence-electron chi connectivity index (χ0n) is 34.1. The molecule has 0 unspecified atom stereocenters. The maximum atomic E-state index is 13.7. The Kier molecular flexibility index (Phi) is 17.3. The second kappa shape index (κ2) is 22.3. The highest BCUT2D eigenvalue weighted by molar-refractivity contribution is 5.87. The number of benzene rings is 2. The summed E-state index contributed by atoms with van der Waals surface area (Å²) < 4.78 is 53.0. The van der Waals surface area contributed by atoms with E-state index in [1.807, 2.05) is 0 Å². The van der Waals surface area contributed by atoms with Crippen molar-refractivity contribution in [2.24, 2.45) is 0 Å². The Morgan fingerprint density at radius 1 is 0.585 bits per heavy atom. The first-order valence-electron chi connectivity index (χ1n) is 20.3. The minimum Gasteiger partial charge on any atom is -0.504 e. The summed E-state index contributed by atoms with van der Waals surface area (Å²) in [5.41, 5.74) is 0.614. The fourth-order valence-corrected chi connectivity index (χ4v) is 7.37. The van der Waals surface area contributed by atoms with E-state index in [4.69, 9.17) is 42.6 Å². The molecule has 0 aliphatic carbocycles. The average Bonchev–Trinajstić information content (AvgIpc) is 3.28. The zero-order valence-corrected chi connectivity index (χ0v) is 34.1. The molecule has 0 bridgehead atoms. The fourth-order valence-electron chi connectivity index (χ4n) is 7.37. The van der Waals surface area contributed by atoms with Gasteiger partial charge in [-0.15, -0.1) is 0 Å². The Morgan fingerprint density at radius 3 is 1.78 bits per heavy atom. The van der Waals surface area contributed by atoms with Crippen LogP contribution in [0, 0.1) is 0 Å². The maximum Gasteiger partial charge on any atom is 0.331 e. The molecule has 0 spiro atoms. The Bertz CT molecular complexity index is 1880. The van der Waals surface area contributed by atoms with Gasteiger partial charge in [0.2, 0.25) is 0 Å². The second-order valence-electron chi connectivity index (χ2n) is 15.6. The molecule has 25 nitrogen and oxygen atoms in total. The monoisotopic (exact) mass is 934 g/mol. The first-order chi connectivity index (χ1) is 30.9. The van der Waals surface area contributed by atoms with Gasteiger partial charge in [0, 0.05) is 6.08 Å². The number of esters is 1. The van der Waals surface area contributed by atoms with E-state index in [1.54, 1.807) is 0 Å². The van der Waals surface area contributed by atoms with E-state index in [0.29, 0.717) is 5.56 Å². The predicted octanol–water partition coefficient (Wildman–Crippen LogP) is -5.76. The minimum absolute atomic E-state index is 0.00578. The number of aromatic hydroxyl groups is 4. The Hall–Kier alpha value is -3.91. The van der Waals surface area contributed by atoms with E-state index >= 15 is 0 Å². The minimum atomic E-state index is -2.10. The van der Waals surface area contributed by atoms with Gasteiger partial charge in [-0.25, -0.2) is 4.79 Å². The van der Waals surface area contributed by atoms with E-state index in [-0.39, 0.29) is 18.6 Å². The van der Waals surface area contributed by atoms with Crippen LogP contribution in [0.3, 0.4) is 0 Å². The molecule has 6 rings (SSSR count). The van der Waals surface area contributed by atoms with Gasteiger partial charge in [0.25, 0.3) is 0 Å². The van der Waals surface area contributed by atoms with Gasteiger partial charge in [-0.2, -0.15) is 0 Å². The lowest BCUT2D eigenvalue weighted by atomic mass is 9.96. The average molecular weight is 935 g/mol. The van der Waals surface area contributed by atoms with E-state index in [2.05, 4.69) is 0 Å². The summed E-state index contributed by atoms with van der Waals surface area (Å²) in [5, 5.41) is 155. The SMILES string of the molecule is O=C(C=Cc1ccc(O)c(O)c1)O[C@H]1[C@H](O[C@@H]2O[C@H](CO)[C@@H](O)[C@H](O)[C@H]2O)[C@@H](O[C@H]2OC[C@@H](O)[C@@H](O)[C@@H]2O)[C@H](OCCc2ccc(O)c(O)c2)O[C@@H]1CO[C@@H]1O[C@H](CO)[C@@H](O)[C@H](O)[C@H]1O. The number of phenols is 4. The predicted molar refractivity (Wildman–Crippen MR) is 208 cm³/mol. The summed E-state index contributed by atoms with van der Waals surface area (Å²) in [6.07, 6.45) is -32.8. The summed E-state index contributed by atoms with van der Waals surface area (Å²) in [4.78, 5) is 13.7. The van der Waals surface area contributed by atoms with Crippen LogP contribution >= 0.6 is 0 Å². The molecule has 4 fully saturated rings. The van der Waals surface area contributed by atoms with E-state index in [0.717, 1.165) is 24.3 Å². The van der Waals surface area contributed by atoms with Crippen molar-refractivity contribution in [1.82, 2.24) is 0 Å². The summed E-state index contributed by atoms with van der Waals surface area (Å²) in [6, 6.07) is 7.48. The Morgan fingerprint density at radius 2 is 1.15 bits per heavy atom. The summed E-state index contributed by atoms with van der Waals surface area (Å²) in [6.45, 7) is -3.46. The van der Waals surface area contributed by atoms with Crippen LogP contribution in [0.5, 0.6) is 23.0 Å². The Labute approximate surface area is 368 Å². The lowest BCUT2D eigenvalue weighted by molar-refractivity contribution is -0.390. The van der Waals surface area contributed by atoms with Crippen molar-refractivity contribution in [3.05, 3.63) is 53.6 Å². The number of carbonyl (C=O) groups excluding carboxylic acids is 1. The number of aliphatic hydroxyl groups excluding tert-OH is 11. The van der Waals surface area contributed by atoms with Gasteiger partial charge >= 0.3 is 5.97 Å². The van der Waals surface area contributed by atoms with Crippen LogP contribution in [0.1, 0.15) is 11.1 Å². The topological polar surface area (TPSA) is 404 Å². The van der Waals surface area contributed by atoms with Gasteiger partial charge in [0.05, 0.1) is 33.0 Å². The number of phenolic OH excluding ortho intramolecular Hbond substituents is 4. The van der Waals surface area contributed by atoms with Gasteiger partial charge in [-0.3, -0.25) is 0 Å². The fraction of sp³-hybridized carbons (Fsp3) is 0.625. The molecule has 25 heteroatoms. The van der Waals surface area contributed by atoms with E-state index in [1.165, 1.54) is 24.3 Å². The quantitative estimate of drug-likeness (QED) is 0.0424. The third-order valence-electron chi connectivity index (χ3n) is 11.1. The van der Waals surface area contributed by atoms with Crippen molar-refractivity contribution in [2.75, 3.05) is 33.0 Å². The van der Waals surface area contributed by atoms with Crippen LogP contribution in [0.25, 0.3) is 6.08 Å². The molecule has 4 saturated heterocycles. The first-order valence-corrected chi connectivity index (χ1v) is 20.3. The molecule has 2 aromatic carbocycles. The van der Waals surface area contributed by atoms with Crippen molar-refractivity contribution >= 4 is 12.0 Å². The molecule has 0 aromatic heterocycles. The summed E-state index contributed by atoms with van der Waals surface area (Å²) in [7, 11) is 0. The van der Waals surface area contributed by atoms with Gasteiger partial charge < -0.3 is 119 Å². The molecular weight excluding hydrogens is 880 g/mol. The number of hydrogen-bond donors (Lipinski definition) is 15. The standard InChI is InChI=1S/C40H54O25/c41-11-22-27(50)29(52)32(55)37(60-22)59-14-24-34(63-25(48)6-3-15-1-4-17(43)19(45)9-15)35(64-39-33(56)30(53)28(51)23(12-42)61-39)36(65-38-31(54)26(49)21(47)13-58-38)40(62-24)57-8-7-16-2-5-18(44)20(46)10-16/h1-6,9-10,21-24,26-47,49-56H,7-8,11-14H2/t21-,22-,23-,24-,26-,27-,28-,29+,30+,31+,32-,33-,34-,35+,36-,37-,38-,39+,40-/m1/s1. The van der Waals surface area contributed by atoms with Crippen LogP contribution in [0.2, 0.25) is 0 Å². The number of rotatable bonds is 16. The first kappa shape index (κ1) is 50.5. The second-order valence-corrected chi connectivity index (χ2v) is 15.6. The molecule has 65 heavy (non-hydrogen) atoms. The van der Waals surface area contributed by atoms with Gasteiger partial charge in [-0.05, 0) is 47.9 Å². The molecule has 2 aromatic rings. The largest absolute Gasteiger partial charge is 0.504 e. The lowest BCUT2D eigenvalue weighted by Crippen LogP contribution is -2.67. The summed E-state index contributed by atoms with van der Waals surface area (Å²) >= 11 is 0. The molecule has 364 valence electrons. The lowest BCUT2D eigenvalue weighted by Gasteiger charge is -2.49. The molecular formula is C40H54O25. The third kappa shape index (κ3) is 11.8. The highest BCUT2D eigenvalue weighted by Crippen LogP contribution is 2.36. The van der Waals surface area contributed by atoms with Crippen molar-refractivity contribution in [1.29, 1.82) is 0 Å². The van der Waals surface area contributed by atoms with Crippen LogP contribution in [-0.4, -0.2) is 232 Å². The Balaban J connectivity index is 1.40. The van der Waals surface area contributed by atoms with Crippen molar-refractivity contribution < 1.29 is 124 Å². The third-order valence-corrected chi connectivity index (χ3v) is 11.1. The highest BCUT2D eigenvalue weighted by Gasteiger charge is 2.56. The van der Waals surface area contributed by atoms with Crippen molar-refractivity contribution in [2.45, 2.75) is 123 Å². The number of ether oxygens (including phenoxy) is 9. The smallest absolute Gasteiger partial charge is 0.331 e. The van der Waals surface area contributed by atoms with Crippen molar-refractivity contribution in [3.8, 4) is 23.0 Å². The normalized spacial score (nSPS) is 39.0. The zero-order chi connectivity index (χ0) is 47.3. The molecule has 0 saturated carbocycles. The van der Waals surface area contributed by atoms with Gasteiger partial charge in [-0.1, -0.05) is 12.1 Å². The van der Waals surface area contributed by atoms with Crippen LogP contribution in [0.4, 0.5) is 0 Å². The molecule has 4 aliphatic rings. The maximum absolute atomic E-state index is 13.7. The van der Waals surface area contributed by atoms with Crippen molar-refractivity contribution in [3.63, 3.8) is 0 Å².